The third-order valence-corrected chi connectivity index (χ3v) is 4.78. The molecule has 7 nitrogen and oxygen atoms in total. The van der Waals surface area contributed by atoms with Crippen LogP contribution in [-0.4, -0.2) is 45.7 Å². The van der Waals surface area contributed by atoms with E-state index in [-0.39, 0.29) is 24.7 Å². The number of pyridine rings is 1. The monoisotopic (exact) mass is 406 g/mol. The number of ether oxygens (including phenoxy) is 1. The third-order valence-electron chi connectivity index (χ3n) is 4.78. The predicted molar refractivity (Wildman–Crippen MR) is 114 cm³/mol. The van der Waals surface area contributed by atoms with Crippen molar-refractivity contribution in [3.8, 4) is 11.3 Å². The Labute approximate surface area is 176 Å². The number of rotatable bonds is 10. The first-order chi connectivity index (χ1) is 14.6. The number of carbonyl (C=O) groups excluding carboxylic acids is 2. The quantitative estimate of drug-likeness (QED) is 0.520. The molecule has 0 aliphatic heterocycles. The Bertz CT molecular complexity index is 971. The largest absolute Gasteiger partial charge is 0.465 e. The predicted octanol–water partition coefficient (Wildman–Crippen LogP) is 2.36. The fourth-order valence-electron chi connectivity index (χ4n) is 3.21. The maximum Gasteiger partial charge on any atom is 0.319 e. The van der Waals surface area contributed by atoms with Crippen LogP contribution in [-0.2, 0) is 34.2 Å². The minimum absolute atomic E-state index is 0.00701. The highest BCUT2D eigenvalue weighted by molar-refractivity contribution is 5.87. The molecule has 0 amide bonds. The molecule has 0 unspecified atom stereocenters. The van der Waals surface area contributed by atoms with Crippen molar-refractivity contribution in [2.45, 2.75) is 25.8 Å². The summed E-state index contributed by atoms with van der Waals surface area (Å²) in [4.78, 5) is 28.9. The second-order valence-corrected chi connectivity index (χ2v) is 6.95. The average Bonchev–Trinajstić information content (AvgIpc) is 3.13. The van der Waals surface area contributed by atoms with Crippen LogP contribution in [0.1, 0.15) is 18.2 Å². The first-order valence-electron chi connectivity index (χ1n) is 9.95. The van der Waals surface area contributed by atoms with E-state index in [2.05, 4.69) is 15.4 Å². The van der Waals surface area contributed by atoms with Gasteiger partial charge < -0.3 is 4.74 Å². The van der Waals surface area contributed by atoms with Gasteiger partial charge in [0.1, 0.15) is 0 Å². The maximum atomic E-state index is 13.1. The van der Waals surface area contributed by atoms with Gasteiger partial charge in [0.2, 0.25) is 0 Å². The Morgan fingerprint density at radius 1 is 1.13 bits per heavy atom. The number of nitrogens with zero attached hydrogens (tertiary/aromatic N) is 3. The molecular weight excluding hydrogens is 380 g/mol. The lowest BCUT2D eigenvalue weighted by Gasteiger charge is -2.17. The van der Waals surface area contributed by atoms with Crippen molar-refractivity contribution >= 4 is 11.8 Å². The summed E-state index contributed by atoms with van der Waals surface area (Å²) in [5.41, 5.74) is 3.57. The summed E-state index contributed by atoms with van der Waals surface area (Å²) in [6, 6.07) is 14.9. The fourth-order valence-corrected chi connectivity index (χ4v) is 3.21. The molecule has 30 heavy (non-hydrogen) atoms. The van der Waals surface area contributed by atoms with Gasteiger partial charge in [-0.25, -0.2) is 0 Å². The fraction of sp³-hybridized carbons (Fsp3) is 0.304. The SMILES string of the molecule is CCOC(=O)CN[C@@H](Cc1ccccc1)C(=O)Cc1cc(-c2ccncc2)nn1C. The van der Waals surface area contributed by atoms with E-state index in [4.69, 9.17) is 4.74 Å². The van der Waals surface area contributed by atoms with Crippen molar-refractivity contribution in [2.75, 3.05) is 13.2 Å². The molecule has 0 bridgehead atoms. The molecule has 2 aromatic heterocycles. The molecule has 1 atom stereocenters. The van der Waals surface area contributed by atoms with Gasteiger partial charge in [-0.15, -0.1) is 0 Å². The highest BCUT2D eigenvalue weighted by atomic mass is 16.5. The number of carbonyl (C=O) groups is 2. The lowest BCUT2D eigenvalue weighted by molar-refractivity contribution is -0.142. The van der Waals surface area contributed by atoms with Crippen molar-refractivity contribution in [3.05, 3.63) is 72.2 Å². The lowest BCUT2D eigenvalue weighted by atomic mass is 9.99. The van der Waals surface area contributed by atoms with Gasteiger partial charge in [0.05, 0.1) is 31.3 Å². The smallest absolute Gasteiger partial charge is 0.319 e. The summed E-state index contributed by atoms with van der Waals surface area (Å²) < 4.78 is 6.70. The molecule has 0 aliphatic carbocycles. The van der Waals surface area contributed by atoms with E-state index in [0.29, 0.717) is 13.0 Å². The van der Waals surface area contributed by atoms with Gasteiger partial charge in [0.25, 0.3) is 0 Å². The Balaban J connectivity index is 1.73. The number of hydrogen-bond acceptors (Lipinski definition) is 6. The summed E-state index contributed by atoms with van der Waals surface area (Å²) in [6.07, 6.45) is 4.13. The maximum absolute atomic E-state index is 13.1. The first kappa shape index (κ1) is 21.4. The average molecular weight is 406 g/mol. The molecule has 1 aromatic carbocycles. The summed E-state index contributed by atoms with van der Waals surface area (Å²) in [5.74, 6) is -0.378. The second-order valence-electron chi connectivity index (χ2n) is 6.95. The summed E-state index contributed by atoms with van der Waals surface area (Å²) in [7, 11) is 1.82. The van der Waals surface area contributed by atoms with Crippen molar-refractivity contribution in [1.29, 1.82) is 0 Å². The number of hydrogen-bond donors (Lipinski definition) is 1. The van der Waals surface area contributed by atoms with E-state index < -0.39 is 6.04 Å². The molecule has 156 valence electrons. The van der Waals surface area contributed by atoms with Crippen molar-refractivity contribution in [2.24, 2.45) is 7.05 Å². The molecule has 2 heterocycles. The summed E-state index contributed by atoms with van der Waals surface area (Å²) in [6.45, 7) is 2.06. The number of aryl methyl sites for hydroxylation is 1. The van der Waals surface area contributed by atoms with Crippen LogP contribution in [0.5, 0.6) is 0 Å². The van der Waals surface area contributed by atoms with Crippen molar-refractivity contribution < 1.29 is 14.3 Å². The lowest BCUT2D eigenvalue weighted by Crippen LogP contribution is -2.42. The Morgan fingerprint density at radius 2 is 1.87 bits per heavy atom. The Hall–Kier alpha value is -3.32. The normalized spacial score (nSPS) is 11.8. The van der Waals surface area contributed by atoms with Crippen LogP contribution in [0.25, 0.3) is 11.3 Å². The van der Waals surface area contributed by atoms with Gasteiger partial charge in [-0.2, -0.15) is 5.10 Å². The first-order valence-corrected chi connectivity index (χ1v) is 9.95. The van der Waals surface area contributed by atoms with Crippen molar-refractivity contribution in [3.63, 3.8) is 0 Å². The molecule has 0 fully saturated rings. The van der Waals surface area contributed by atoms with Gasteiger partial charge in [-0.05, 0) is 37.1 Å². The zero-order valence-corrected chi connectivity index (χ0v) is 17.2. The van der Waals surface area contributed by atoms with Gasteiger partial charge in [0.15, 0.2) is 5.78 Å². The topological polar surface area (TPSA) is 86.1 Å². The number of ketones is 1. The van der Waals surface area contributed by atoms with E-state index >= 15 is 0 Å². The highest BCUT2D eigenvalue weighted by Gasteiger charge is 2.22. The molecule has 3 aromatic rings. The van der Waals surface area contributed by atoms with Gasteiger partial charge >= 0.3 is 5.97 Å². The Morgan fingerprint density at radius 3 is 2.57 bits per heavy atom. The van der Waals surface area contributed by atoms with Crippen LogP contribution in [0.3, 0.4) is 0 Å². The third kappa shape index (κ3) is 5.84. The van der Waals surface area contributed by atoms with Crippen LogP contribution in [0.15, 0.2) is 60.9 Å². The minimum atomic E-state index is -0.504. The van der Waals surface area contributed by atoms with Crippen LogP contribution in [0, 0.1) is 0 Å². The molecule has 0 saturated heterocycles. The second kappa shape index (κ2) is 10.5. The van der Waals surface area contributed by atoms with Crippen LogP contribution in [0.4, 0.5) is 0 Å². The molecule has 0 saturated carbocycles. The Kier molecular flexibility index (Phi) is 7.45. The number of esters is 1. The van der Waals surface area contributed by atoms with Gasteiger partial charge in [0, 0.05) is 30.7 Å². The van der Waals surface area contributed by atoms with Gasteiger partial charge in [-0.1, -0.05) is 30.3 Å². The number of aromatic nitrogens is 3. The van der Waals surface area contributed by atoms with Crippen LogP contribution in [0.2, 0.25) is 0 Å². The highest BCUT2D eigenvalue weighted by Crippen LogP contribution is 2.18. The summed E-state index contributed by atoms with van der Waals surface area (Å²) >= 11 is 0. The van der Waals surface area contributed by atoms with Crippen LogP contribution < -0.4 is 5.32 Å². The standard InChI is InChI=1S/C23H26N4O3/c1-3-30-23(29)16-25-21(13-17-7-5-4-6-8-17)22(28)15-19-14-20(26-27(19)2)18-9-11-24-12-10-18/h4-12,14,21,25H,3,13,15-16H2,1-2H3/t21-/m0/s1. The van der Waals surface area contributed by atoms with E-state index in [1.807, 2.05) is 55.6 Å². The van der Waals surface area contributed by atoms with Gasteiger partial charge in [-0.3, -0.25) is 24.6 Å². The zero-order valence-electron chi connectivity index (χ0n) is 17.2. The van der Waals surface area contributed by atoms with E-state index in [0.717, 1.165) is 22.5 Å². The molecule has 0 spiro atoms. The zero-order chi connectivity index (χ0) is 21.3. The molecular formula is C23H26N4O3. The molecule has 7 heteroatoms. The number of benzene rings is 1. The molecule has 0 aliphatic rings. The van der Waals surface area contributed by atoms with E-state index in [9.17, 15) is 9.59 Å². The number of nitrogens with one attached hydrogen (secondary N) is 1. The molecule has 1 N–H and O–H groups in total. The van der Waals surface area contributed by atoms with E-state index in [1.54, 1.807) is 24.0 Å². The molecule has 0 radical (unpaired) electrons. The van der Waals surface area contributed by atoms with E-state index in [1.165, 1.54) is 0 Å². The van der Waals surface area contributed by atoms with Crippen molar-refractivity contribution in [1.82, 2.24) is 20.1 Å². The van der Waals surface area contributed by atoms with Crippen LogP contribution >= 0.6 is 0 Å². The number of Topliss-reactive ketones (excluding diaryl/α,β-unsaturated/α-hetero) is 1. The minimum Gasteiger partial charge on any atom is -0.465 e. The summed E-state index contributed by atoms with van der Waals surface area (Å²) in [5, 5.41) is 7.59. The molecule has 3 rings (SSSR count).